The number of rotatable bonds is 4. The van der Waals surface area contributed by atoms with Crippen molar-refractivity contribution in [2.24, 2.45) is 5.73 Å². The molecule has 1 fully saturated rings. The maximum Gasteiger partial charge on any atom is 0.244 e. The summed E-state index contributed by atoms with van der Waals surface area (Å²) in [5.74, 6) is -0.0498. The Morgan fingerprint density at radius 2 is 1.94 bits per heavy atom. The van der Waals surface area contributed by atoms with Crippen LogP contribution < -0.4 is 11.1 Å². The molecule has 0 aliphatic heterocycles. The number of carbonyl (C=O) groups is 1. The minimum atomic E-state index is -0.169. The molecular formula is C15H20N2O. The molecule has 2 rings (SSSR count). The first-order valence-electron chi connectivity index (χ1n) is 6.49. The van der Waals surface area contributed by atoms with E-state index in [4.69, 9.17) is 5.73 Å². The number of hydrogen-bond donors (Lipinski definition) is 2. The summed E-state index contributed by atoms with van der Waals surface area (Å²) in [6.07, 6.45) is 7.71. The van der Waals surface area contributed by atoms with Crippen LogP contribution in [0, 0.1) is 0 Å². The van der Waals surface area contributed by atoms with Gasteiger partial charge in [-0.25, -0.2) is 0 Å². The van der Waals surface area contributed by atoms with Crippen molar-refractivity contribution in [3.05, 3.63) is 42.0 Å². The third-order valence-electron chi connectivity index (χ3n) is 3.57. The minimum Gasteiger partial charge on any atom is -0.346 e. The van der Waals surface area contributed by atoms with Gasteiger partial charge in [-0.3, -0.25) is 4.79 Å². The molecule has 0 aromatic heterocycles. The molecule has 3 nitrogen and oxygen atoms in total. The lowest BCUT2D eigenvalue weighted by Crippen LogP contribution is -2.51. The van der Waals surface area contributed by atoms with Gasteiger partial charge in [0.05, 0.1) is 5.54 Å². The van der Waals surface area contributed by atoms with E-state index in [-0.39, 0.29) is 11.4 Å². The zero-order valence-electron chi connectivity index (χ0n) is 10.6. The summed E-state index contributed by atoms with van der Waals surface area (Å²) in [4.78, 5) is 11.9. The van der Waals surface area contributed by atoms with Crippen molar-refractivity contribution in [1.82, 2.24) is 5.32 Å². The van der Waals surface area contributed by atoms with E-state index in [2.05, 4.69) is 5.32 Å². The summed E-state index contributed by atoms with van der Waals surface area (Å²) < 4.78 is 0. The first kappa shape index (κ1) is 12.8. The Hall–Kier alpha value is -1.61. The Morgan fingerprint density at radius 3 is 2.56 bits per heavy atom. The first-order valence-corrected chi connectivity index (χ1v) is 6.49. The topological polar surface area (TPSA) is 55.1 Å². The predicted octanol–water partition coefficient (Wildman–Crippen LogP) is 2.09. The van der Waals surface area contributed by atoms with Crippen LogP contribution in [0.1, 0.15) is 31.2 Å². The maximum absolute atomic E-state index is 11.9. The van der Waals surface area contributed by atoms with Gasteiger partial charge in [0.1, 0.15) is 0 Å². The molecule has 3 N–H and O–H groups in total. The summed E-state index contributed by atoms with van der Waals surface area (Å²) >= 11 is 0. The van der Waals surface area contributed by atoms with Crippen molar-refractivity contribution in [2.75, 3.05) is 6.54 Å². The van der Waals surface area contributed by atoms with Crippen LogP contribution in [-0.4, -0.2) is 18.0 Å². The fourth-order valence-corrected chi connectivity index (χ4v) is 2.47. The molecule has 0 spiro atoms. The van der Waals surface area contributed by atoms with Gasteiger partial charge in [-0.05, 0) is 24.5 Å². The second-order valence-corrected chi connectivity index (χ2v) is 4.92. The zero-order chi connectivity index (χ0) is 12.8. The molecule has 0 heterocycles. The summed E-state index contributed by atoms with van der Waals surface area (Å²) in [6, 6.07) is 9.81. The van der Waals surface area contributed by atoms with E-state index < -0.39 is 0 Å². The molecule has 0 unspecified atom stereocenters. The van der Waals surface area contributed by atoms with Crippen LogP contribution in [-0.2, 0) is 4.79 Å². The number of amides is 1. The standard InChI is InChI=1S/C15H20N2O/c16-12-15(10-4-5-11-15)17-14(18)9-8-13-6-2-1-3-7-13/h1-3,6-9H,4-5,10-12,16H2,(H,17,18). The van der Waals surface area contributed by atoms with Crippen molar-refractivity contribution in [2.45, 2.75) is 31.2 Å². The fourth-order valence-electron chi connectivity index (χ4n) is 2.47. The van der Waals surface area contributed by atoms with Gasteiger partial charge >= 0.3 is 0 Å². The summed E-state index contributed by atoms with van der Waals surface area (Å²) in [6.45, 7) is 0.526. The van der Waals surface area contributed by atoms with E-state index in [1.165, 1.54) is 0 Å². The van der Waals surface area contributed by atoms with Gasteiger partial charge in [0, 0.05) is 12.6 Å². The Labute approximate surface area is 108 Å². The van der Waals surface area contributed by atoms with Crippen molar-refractivity contribution >= 4 is 12.0 Å². The lowest BCUT2D eigenvalue weighted by molar-refractivity contribution is -0.118. The Kier molecular flexibility index (Phi) is 4.15. The lowest BCUT2D eigenvalue weighted by Gasteiger charge is -2.27. The van der Waals surface area contributed by atoms with Crippen molar-refractivity contribution < 1.29 is 4.79 Å². The molecule has 0 radical (unpaired) electrons. The van der Waals surface area contributed by atoms with Crippen molar-refractivity contribution in [1.29, 1.82) is 0 Å². The molecule has 1 aliphatic carbocycles. The number of nitrogens with two attached hydrogens (primary N) is 1. The molecular weight excluding hydrogens is 224 g/mol. The zero-order valence-corrected chi connectivity index (χ0v) is 10.6. The number of benzene rings is 1. The van der Waals surface area contributed by atoms with E-state index in [1.807, 2.05) is 36.4 Å². The van der Waals surface area contributed by atoms with Gasteiger partial charge in [0.25, 0.3) is 0 Å². The average Bonchev–Trinajstić information content (AvgIpc) is 2.87. The summed E-state index contributed by atoms with van der Waals surface area (Å²) in [5, 5.41) is 3.06. The molecule has 1 saturated carbocycles. The van der Waals surface area contributed by atoms with Gasteiger partial charge in [0.2, 0.25) is 5.91 Å². The predicted molar refractivity (Wildman–Crippen MR) is 73.9 cm³/mol. The monoisotopic (exact) mass is 244 g/mol. The Bertz CT molecular complexity index is 419. The normalized spacial score (nSPS) is 18.1. The fraction of sp³-hybridized carbons (Fsp3) is 0.400. The van der Waals surface area contributed by atoms with E-state index in [9.17, 15) is 4.79 Å². The number of nitrogens with one attached hydrogen (secondary N) is 1. The quantitative estimate of drug-likeness (QED) is 0.797. The van der Waals surface area contributed by atoms with E-state index in [1.54, 1.807) is 6.08 Å². The highest BCUT2D eigenvalue weighted by molar-refractivity contribution is 5.92. The molecule has 0 saturated heterocycles. The van der Waals surface area contributed by atoms with Crippen molar-refractivity contribution in [3.63, 3.8) is 0 Å². The lowest BCUT2D eigenvalue weighted by atomic mass is 9.98. The Balaban J connectivity index is 1.94. The van der Waals surface area contributed by atoms with E-state index in [0.717, 1.165) is 31.2 Å². The van der Waals surface area contributed by atoms with Crippen LogP contribution in [0.5, 0.6) is 0 Å². The largest absolute Gasteiger partial charge is 0.346 e. The molecule has 1 aromatic carbocycles. The van der Waals surface area contributed by atoms with Gasteiger partial charge in [-0.15, -0.1) is 0 Å². The summed E-state index contributed by atoms with van der Waals surface area (Å²) in [7, 11) is 0. The molecule has 0 atom stereocenters. The third-order valence-corrected chi connectivity index (χ3v) is 3.57. The van der Waals surface area contributed by atoms with Crippen LogP contribution in [0.15, 0.2) is 36.4 Å². The third kappa shape index (κ3) is 3.20. The van der Waals surface area contributed by atoms with Crippen LogP contribution >= 0.6 is 0 Å². The van der Waals surface area contributed by atoms with Crippen LogP contribution in [0.2, 0.25) is 0 Å². The minimum absolute atomic E-state index is 0.0498. The second kappa shape index (κ2) is 5.83. The molecule has 96 valence electrons. The molecule has 1 aliphatic rings. The van der Waals surface area contributed by atoms with Crippen LogP contribution in [0.3, 0.4) is 0 Å². The van der Waals surface area contributed by atoms with Gasteiger partial charge in [0.15, 0.2) is 0 Å². The van der Waals surface area contributed by atoms with E-state index in [0.29, 0.717) is 6.54 Å². The van der Waals surface area contributed by atoms with Crippen LogP contribution in [0.4, 0.5) is 0 Å². The highest BCUT2D eigenvalue weighted by Gasteiger charge is 2.33. The Morgan fingerprint density at radius 1 is 1.28 bits per heavy atom. The highest BCUT2D eigenvalue weighted by Crippen LogP contribution is 2.28. The first-order chi connectivity index (χ1) is 8.74. The van der Waals surface area contributed by atoms with Gasteiger partial charge in [-0.1, -0.05) is 43.2 Å². The molecule has 18 heavy (non-hydrogen) atoms. The van der Waals surface area contributed by atoms with Crippen molar-refractivity contribution in [3.8, 4) is 0 Å². The molecule has 0 bridgehead atoms. The van der Waals surface area contributed by atoms with Gasteiger partial charge < -0.3 is 11.1 Å². The maximum atomic E-state index is 11.9. The number of carbonyl (C=O) groups excluding carboxylic acids is 1. The SMILES string of the molecule is NCC1(NC(=O)C=Cc2ccccc2)CCCC1. The molecule has 1 aromatic rings. The number of hydrogen-bond acceptors (Lipinski definition) is 2. The smallest absolute Gasteiger partial charge is 0.244 e. The molecule has 1 amide bonds. The van der Waals surface area contributed by atoms with Gasteiger partial charge in [-0.2, -0.15) is 0 Å². The summed E-state index contributed by atoms with van der Waals surface area (Å²) in [5.41, 5.74) is 6.65. The van der Waals surface area contributed by atoms with E-state index >= 15 is 0 Å². The highest BCUT2D eigenvalue weighted by atomic mass is 16.1. The molecule has 3 heteroatoms. The second-order valence-electron chi connectivity index (χ2n) is 4.92. The van der Waals surface area contributed by atoms with Crippen LogP contribution in [0.25, 0.3) is 6.08 Å². The average molecular weight is 244 g/mol.